The molecule has 1 aromatic carbocycles. The molecule has 3 nitrogen and oxygen atoms in total. The van der Waals surface area contributed by atoms with Crippen molar-refractivity contribution in [2.75, 3.05) is 0 Å². The van der Waals surface area contributed by atoms with Crippen molar-refractivity contribution in [3.63, 3.8) is 0 Å². The summed E-state index contributed by atoms with van der Waals surface area (Å²) in [6.45, 7) is 2.64. The van der Waals surface area contributed by atoms with Crippen LogP contribution in [-0.4, -0.2) is 16.1 Å². The fraction of sp³-hybridized carbons (Fsp3) is 0.308. The number of aryl methyl sites for hydroxylation is 3. The maximum Gasteiger partial charge on any atom is 0.573 e. The van der Waals surface area contributed by atoms with Crippen molar-refractivity contribution in [2.45, 2.75) is 26.3 Å². The van der Waals surface area contributed by atoms with Gasteiger partial charge in [0.1, 0.15) is 5.75 Å². The zero-order chi connectivity index (χ0) is 13.9. The number of ether oxygens (including phenoxy) is 1. The molecule has 0 aliphatic rings. The Morgan fingerprint density at radius 3 is 2.42 bits per heavy atom. The van der Waals surface area contributed by atoms with E-state index in [1.165, 1.54) is 12.1 Å². The fourth-order valence-corrected chi connectivity index (χ4v) is 1.69. The molecular formula is C13H13F3N2O. The third-order valence-electron chi connectivity index (χ3n) is 2.55. The second-order valence-corrected chi connectivity index (χ2v) is 4.22. The van der Waals surface area contributed by atoms with E-state index in [1.807, 2.05) is 13.1 Å². The molecule has 0 radical (unpaired) electrons. The highest BCUT2D eigenvalue weighted by Gasteiger charge is 2.30. The molecule has 0 amide bonds. The van der Waals surface area contributed by atoms with Gasteiger partial charge in [0, 0.05) is 12.7 Å². The molecule has 19 heavy (non-hydrogen) atoms. The van der Waals surface area contributed by atoms with Crippen molar-refractivity contribution < 1.29 is 17.9 Å². The summed E-state index contributed by atoms with van der Waals surface area (Å²) in [7, 11) is 0. The van der Waals surface area contributed by atoms with Gasteiger partial charge in [-0.2, -0.15) is 5.10 Å². The van der Waals surface area contributed by atoms with Gasteiger partial charge >= 0.3 is 6.36 Å². The Bertz CT molecular complexity index is 532. The van der Waals surface area contributed by atoms with E-state index < -0.39 is 6.36 Å². The molecule has 2 rings (SSSR count). The molecule has 2 aromatic rings. The summed E-state index contributed by atoms with van der Waals surface area (Å²) < 4.78 is 41.5. The number of nitrogens with zero attached hydrogens (tertiary/aromatic N) is 2. The number of hydrogen-bond acceptors (Lipinski definition) is 2. The first kappa shape index (κ1) is 13.5. The van der Waals surface area contributed by atoms with Gasteiger partial charge in [-0.1, -0.05) is 12.1 Å². The number of rotatable bonds is 4. The molecular weight excluding hydrogens is 257 g/mol. The van der Waals surface area contributed by atoms with Crippen LogP contribution in [0, 0.1) is 6.92 Å². The smallest absolute Gasteiger partial charge is 0.406 e. The first-order valence-corrected chi connectivity index (χ1v) is 5.76. The Morgan fingerprint density at radius 1 is 1.21 bits per heavy atom. The molecule has 0 fully saturated rings. The van der Waals surface area contributed by atoms with Crippen LogP contribution in [0.5, 0.6) is 5.75 Å². The summed E-state index contributed by atoms with van der Waals surface area (Å²) in [5.74, 6) is -0.203. The summed E-state index contributed by atoms with van der Waals surface area (Å²) in [5, 5.41) is 4.14. The molecule has 0 aliphatic carbocycles. The Labute approximate surface area is 108 Å². The van der Waals surface area contributed by atoms with Gasteiger partial charge in [-0.25, -0.2) is 0 Å². The van der Waals surface area contributed by atoms with Crippen LogP contribution < -0.4 is 4.74 Å². The Kier molecular flexibility index (Phi) is 3.78. The molecule has 0 aliphatic heterocycles. The highest BCUT2D eigenvalue weighted by atomic mass is 19.4. The first-order chi connectivity index (χ1) is 8.92. The van der Waals surface area contributed by atoms with E-state index in [2.05, 4.69) is 9.84 Å². The Hall–Kier alpha value is -1.98. The van der Waals surface area contributed by atoms with Gasteiger partial charge in [-0.3, -0.25) is 4.68 Å². The van der Waals surface area contributed by atoms with Gasteiger partial charge in [-0.05, 0) is 36.6 Å². The standard InChI is InChI=1S/C13H13F3N2O/c1-10-8-17-18(9-10)7-6-11-2-4-12(5-3-11)19-13(14,15)16/h2-5,8-9H,6-7H2,1H3. The third kappa shape index (κ3) is 4.31. The SMILES string of the molecule is Cc1cnn(CCc2ccc(OC(F)(F)F)cc2)c1. The lowest BCUT2D eigenvalue weighted by molar-refractivity contribution is -0.274. The third-order valence-corrected chi connectivity index (χ3v) is 2.55. The molecule has 0 saturated heterocycles. The first-order valence-electron chi connectivity index (χ1n) is 5.76. The number of benzene rings is 1. The second kappa shape index (κ2) is 5.34. The topological polar surface area (TPSA) is 27.1 Å². The van der Waals surface area contributed by atoms with Crippen LogP contribution in [0.15, 0.2) is 36.7 Å². The Morgan fingerprint density at radius 2 is 1.89 bits per heavy atom. The van der Waals surface area contributed by atoms with Gasteiger partial charge in [0.25, 0.3) is 0 Å². The monoisotopic (exact) mass is 270 g/mol. The molecule has 1 heterocycles. The van der Waals surface area contributed by atoms with Crippen LogP contribution >= 0.6 is 0 Å². The van der Waals surface area contributed by atoms with E-state index in [4.69, 9.17) is 0 Å². The number of aromatic nitrogens is 2. The largest absolute Gasteiger partial charge is 0.573 e. The molecule has 0 atom stereocenters. The van der Waals surface area contributed by atoms with Crippen molar-refractivity contribution in [1.82, 2.24) is 9.78 Å². The van der Waals surface area contributed by atoms with Crippen molar-refractivity contribution in [3.05, 3.63) is 47.8 Å². The predicted octanol–water partition coefficient (Wildman–Crippen LogP) is 3.33. The quantitative estimate of drug-likeness (QED) is 0.852. The van der Waals surface area contributed by atoms with Gasteiger partial charge < -0.3 is 4.74 Å². The average Bonchev–Trinajstić information content (AvgIpc) is 2.72. The molecule has 102 valence electrons. The van der Waals surface area contributed by atoms with Crippen LogP contribution in [0.25, 0.3) is 0 Å². The van der Waals surface area contributed by atoms with Gasteiger partial charge in [-0.15, -0.1) is 13.2 Å². The fourth-order valence-electron chi connectivity index (χ4n) is 1.69. The van der Waals surface area contributed by atoms with Gasteiger partial charge in [0.2, 0.25) is 0 Å². The van der Waals surface area contributed by atoms with Crippen molar-refractivity contribution >= 4 is 0 Å². The van der Waals surface area contributed by atoms with E-state index in [-0.39, 0.29) is 5.75 Å². The van der Waals surface area contributed by atoms with Crippen molar-refractivity contribution in [1.29, 1.82) is 0 Å². The molecule has 1 aromatic heterocycles. The lowest BCUT2D eigenvalue weighted by atomic mass is 10.1. The highest BCUT2D eigenvalue weighted by Crippen LogP contribution is 2.22. The zero-order valence-corrected chi connectivity index (χ0v) is 10.3. The lowest BCUT2D eigenvalue weighted by Crippen LogP contribution is -2.17. The average molecular weight is 270 g/mol. The lowest BCUT2D eigenvalue weighted by Gasteiger charge is -2.09. The molecule has 0 saturated carbocycles. The Balaban J connectivity index is 1.91. The highest BCUT2D eigenvalue weighted by molar-refractivity contribution is 5.27. The van der Waals surface area contributed by atoms with Crippen molar-refractivity contribution in [2.24, 2.45) is 0 Å². The molecule has 0 spiro atoms. The summed E-state index contributed by atoms with van der Waals surface area (Å²) >= 11 is 0. The van der Waals surface area contributed by atoms with Crippen LogP contribution in [-0.2, 0) is 13.0 Å². The maximum atomic E-state index is 12.0. The van der Waals surface area contributed by atoms with E-state index >= 15 is 0 Å². The molecule has 0 N–H and O–H groups in total. The minimum absolute atomic E-state index is 0.203. The van der Waals surface area contributed by atoms with Crippen LogP contribution in [0.3, 0.4) is 0 Å². The number of halogens is 3. The molecule has 0 unspecified atom stereocenters. The predicted molar refractivity (Wildman–Crippen MR) is 63.8 cm³/mol. The van der Waals surface area contributed by atoms with Crippen LogP contribution in [0.1, 0.15) is 11.1 Å². The summed E-state index contributed by atoms with van der Waals surface area (Å²) in [4.78, 5) is 0. The van der Waals surface area contributed by atoms with Crippen molar-refractivity contribution in [3.8, 4) is 5.75 Å². The minimum atomic E-state index is -4.64. The summed E-state index contributed by atoms with van der Waals surface area (Å²) in [6.07, 6.45) is -0.261. The van der Waals surface area contributed by atoms with Gasteiger partial charge in [0.05, 0.1) is 6.20 Å². The van der Waals surface area contributed by atoms with E-state index in [0.717, 1.165) is 11.1 Å². The van der Waals surface area contributed by atoms with Gasteiger partial charge in [0.15, 0.2) is 0 Å². The van der Waals surface area contributed by atoms with E-state index in [0.29, 0.717) is 13.0 Å². The normalized spacial score (nSPS) is 11.6. The number of hydrogen-bond donors (Lipinski definition) is 0. The summed E-state index contributed by atoms with van der Waals surface area (Å²) in [6, 6.07) is 5.88. The molecule has 0 bridgehead atoms. The maximum absolute atomic E-state index is 12.0. The summed E-state index contributed by atoms with van der Waals surface area (Å²) in [5.41, 5.74) is 2.01. The van der Waals surface area contributed by atoms with Crippen LogP contribution in [0.4, 0.5) is 13.2 Å². The molecule has 6 heteroatoms. The van der Waals surface area contributed by atoms with E-state index in [9.17, 15) is 13.2 Å². The van der Waals surface area contributed by atoms with E-state index in [1.54, 1.807) is 23.0 Å². The second-order valence-electron chi connectivity index (χ2n) is 4.22. The number of alkyl halides is 3. The van der Waals surface area contributed by atoms with Crippen LogP contribution in [0.2, 0.25) is 0 Å². The zero-order valence-electron chi connectivity index (χ0n) is 10.3. The minimum Gasteiger partial charge on any atom is -0.406 e.